The summed E-state index contributed by atoms with van der Waals surface area (Å²) < 4.78 is 0. The van der Waals surface area contributed by atoms with Gasteiger partial charge in [-0.05, 0) is 12.0 Å². The van der Waals surface area contributed by atoms with Crippen molar-refractivity contribution in [3.05, 3.63) is 48.0 Å². The second-order valence-corrected chi connectivity index (χ2v) is 4.19. The Morgan fingerprint density at radius 3 is 2.72 bits per heavy atom. The summed E-state index contributed by atoms with van der Waals surface area (Å²) in [6, 6.07) is 9.06. The number of hydrogen-bond donors (Lipinski definition) is 2. The number of hydroxylamine groups is 2. The van der Waals surface area contributed by atoms with E-state index in [1.165, 1.54) is 0 Å². The second kappa shape index (κ2) is 5.66. The maximum absolute atomic E-state index is 11.1. The smallest absolute Gasteiger partial charge is 0.431 e. The number of amides is 1. The molecular formula is C13H16N2O3. The van der Waals surface area contributed by atoms with E-state index in [0.717, 1.165) is 10.6 Å². The predicted octanol–water partition coefficient (Wildman–Crippen LogP) is 1.75. The summed E-state index contributed by atoms with van der Waals surface area (Å²) in [6.45, 7) is 0.194. The van der Waals surface area contributed by atoms with Crippen LogP contribution in [0.25, 0.3) is 0 Å². The van der Waals surface area contributed by atoms with Crippen LogP contribution in [0.4, 0.5) is 4.79 Å². The molecule has 18 heavy (non-hydrogen) atoms. The number of nitrogens with two attached hydrogens (primary N) is 1. The van der Waals surface area contributed by atoms with Gasteiger partial charge in [0.25, 0.3) is 0 Å². The molecule has 0 heterocycles. The SMILES string of the molecule is NC1C=CCC1ON(Cc1ccccc1)C(=O)O. The Hall–Kier alpha value is -1.85. The number of rotatable bonds is 4. The minimum Gasteiger partial charge on any atom is -0.463 e. The normalized spacial score (nSPS) is 22.1. The number of hydrogen-bond acceptors (Lipinski definition) is 3. The van der Waals surface area contributed by atoms with Gasteiger partial charge >= 0.3 is 6.09 Å². The summed E-state index contributed by atoms with van der Waals surface area (Å²) >= 11 is 0. The first kappa shape index (κ1) is 12.6. The second-order valence-electron chi connectivity index (χ2n) is 4.19. The highest BCUT2D eigenvalue weighted by Crippen LogP contribution is 2.16. The van der Waals surface area contributed by atoms with Crippen molar-refractivity contribution in [1.82, 2.24) is 5.06 Å². The van der Waals surface area contributed by atoms with Crippen LogP contribution < -0.4 is 5.73 Å². The zero-order chi connectivity index (χ0) is 13.0. The minimum absolute atomic E-state index is 0.194. The van der Waals surface area contributed by atoms with Crippen LogP contribution in [0.3, 0.4) is 0 Å². The van der Waals surface area contributed by atoms with Crippen molar-refractivity contribution in [3.8, 4) is 0 Å². The summed E-state index contributed by atoms with van der Waals surface area (Å²) in [5.41, 5.74) is 6.66. The van der Waals surface area contributed by atoms with Crippen LogP contribution in [0.2, 0.25) is 0 Å². The minimum atomic E-state index is -1.11. The highest BCUT2D eigenvalue weighted by atomic mass is 16.7. The molecule has 5 heteroatoms. The number of carboxylic acid groups (broad SMARTS) is 1. The van der Waals surface area contributed by atoms with Gasteiger partial charge in [-0.3, -0.25) is 4.84 Å². The molecule has 0 spiro atoms. The molecule has 0 saturated carbocycles. The van der Waals surface area contributed by atoms with Gasteiger partial charge in [0, 0.05) is 0 Å². The molecule has 5 nitrogen and oxygen atoms in total. The van der Waals surface area contributed by atoms with Gasteiger partial charge in [-0.2, -0.15) is 5.06 Å². The van der Waals surface area contributed by atoms with E-state index >= 15 is 0 Å². The number of nitrogens with zero attached hydrogens (tertiary/aromatic N) is 1. The molecular weight excluding hydrogens is 232 g/mol. The van der Waals surface area contributed by atoms with Gasteiger partial charge in [-0.1, -0.05) is 42.5 Å². The summed E-state index contributed by atoms with van der Waals surface area (Å²) in [6.07, 6.45) is 2.95. The van der Waals surface area contributed by atoms with Crippen molar-refractivity contribution in [2.45, 2.75) is 25.1 Å². The molecule has 3 N–H and O–H groups in total. The van der Waals surface area contributed by atoms with Crippen molar-refractivity contribution in [2.75, 3.05) is 0 Å². The summed E-state index contributed by atoms with van der Waals surface area (Å²) in [4.78, 5) is 16.6. The maximum atomic E-state index is 11.1. The third-order valence-electron chi connectivity index (χ3n) is 2.80. The van der Waals surface area contributed by atoms with E-state index in [4.69, 9.17) is 15.7 Å². The van der Waals surface area contributed by atoms with Crippen LogP contribution >= 0.6 is 0 Å². The molecule has 0 aromatic heterocycles. The molecule has 0 aliphatic heterocycles. The molecule has 2 atom stereocenters. The van der Waals surface area contributed by atoms with E-state index < -0.39 is 6.09 Å². The lowest BCUT2D eigenvalue weighted by Gasteiger charge is -2.24. The average molecular weight is 248 g/mol. The van der Waals surface area contributed by atoms with E-state index in [1.807, 2.05) is 42.5 Å². The van der Waals surface area contributed by atoms with Crippen molar-refractivity contribution < 1.29 is 14.7 Å². The average Bonchev–Trinajstić information content (AvgIpc) is 2.75. The Bertz CT molecular complexity index is 433. The zero-order valence-electron chi connectivity index (χ0n) is 9.90. The molecule has 1 aliphatic carbocycles. The van der Waals surface area contributed by atoms with Gasteiger partial charge in [0.1, 0.15) is 6.10 Å². The quantitative estimate of drug-likeness (QED) is 0.628. The third kappa shape index (κ3) is 3.09. The fourth-order valence-corrected chi connectivity index (χ4v) is 1.83. The van der Waals surface area contributed by atoms with E-state index in [0.29, 0.717) is 6.42 Å². The van der Waals surface area contributed by atoms with E-state index in [-0.39, 0.29) is 18.7 Å². The highest BCUT2D eigenvalue weighted by Gasteiger charge is 2.25. The van der Waals surface area contributed by atoms with Crippen molar-refractivity contribution in [3.63, 3.8) is 0 Å². The lowest BCUT2D eigenvalue weighted by atomic mass is 10.2. The van der Waals surface area contributed by atoms with Crippen LogP contribution in [0.5, 0.6) is 0 Å². The van der Waals surface area contributed by atoms with E-state index in [9.17, 15) is 4.79 Å². The molecule has 0 fully saturated rings. The van der Waals surface area contributed by atoms with Gasteiger partial charge < -0.3 is 10.8 Å². The van der Waals surface area contributed by atoms with Gasteiger partial charge in [0.15, 0.2) is 0 Å². The molecule has 0 saturated heterocycles. The van der Waals surface area contributed by atoms with Gasteiger partial charge in [-0.15, -0.1) is 0 Å². The van der Waals surface area contributed by atoms with E-state index in [2.05, 4.69) is 0 Å². The molecule has 96 valence electrons. The zero-order valence-corrected chi connectivity index (χ0v) is 9.90. The van der Waals surface area contributed by atoms with E-state index in [1.54, 1.807) is 0 Å². The topological polar surface area (TPSA) is 75.8 Å². The first-order chi connectivity index (χ1) is 8.66. The predicted molar refractivity (Wildman–Crippen MR) is 66.6 cm³/mol. The Balaban J connectivity index is 1.98. The molecule has 1 amide bonds. The summed E-state index contributed by atoms with van der Waals surface area (Å²) in [5, 5.41) is 10.1. The van der Waals surface area contributed by atoms with Crippen molar-refractivity contribution in [2.24, 2.45) is 5.73 Å². The largest absolute Gasteiger partial charge is 0.463 e. The first-order valence-corrected chi connectivity index (χ1v) is 5.80. The molecule has 1 aromatic carbocycles. The fourth-order valence-electron chi connectivity index (χ4n) is 1.83. The van der Waals surface area contributed by atoms with Crippen LogP contribution in [0.15, 0.2) is 42.5 Å². The lowest BCUT2D eigenvalue weighted by Crippen LogP contribution is -2.40. The Morgan fingerprint density at radius 2 is 2.17 bits per heavy atom. The van der Waals surface area contributed by atoms with Gasteiger partial charge in [0.05, 0.1) is 12.6 Å². The van der Waals surface area contributed by atoms with Gasteiger partial charge in [0.2, 0.25) is 0 Å². The highest BCUT2D eigenvalue weighted by molar-refractivity contribution is 5.63. The Morgan fingerprint density at radius 1 is 1.44 bits per heavy atom. The summed E-state index contributed by atoms with van der Waals surface area (Å²) in [5.74, 6) is 0. The standard InChI is InChI=1S/C13H16N2O3/c14-11-7-4-8-12(11)18-15(13(16)17)9-10-5-2-1-3-6-10/h1-7,11-12H,8-9,14H2,(H,16,17). The Kier molecular flexibility index (Phi) is 3.96. The Labute approximate surface area is 105 Å². The number of benzene rings is 1. The molecule has 2 rings (SSSR count). The van der Waals surface area contributed by atoms with Crippen LogP contribution in [0.1, 0.15) is 12.0 Å². The molecule has 1 aliphatic rings. The van der Waals surface area contributed by atoms with Crippen LogP contribution in [0, 0.1) is 0 Å². The fraction of sp³-hybridized carbons (Fsp3) is 0.308. The number of carbonyl (C=O) groups is 1. The molecule has 1 aromatic rings. The third-order valence-corrected chi connectivity index (χ3v) is 2.80. The van der Waals surface area contributed by atoms with Crippen LogP contribution in [-0.4, -0.2) is 28.4 Å². The molecule has 2 unspecified atom stereocenters. The first-order valence-electron chi connectivity index (χ1n) is 5.80. The molecule has 0 bridgehead atoms. The van der Waals surface area contributed by atoms with Gasteiger partial charge in [-0.25, -0.2) is 4.79 Å². The maximum Gasteiger partial charge on any atom is 0.431 e. The van der Waals surface area contributed by atoms with Crippen molar-refractivity contribution in [1.29, 1.82) is 0 Å². The molecule has 0 radical (unpaired) electrons. The lowest BCUT2D eigenvalue weighted by molar-refractivity contribution is -0.176. The monoisotopic (exact) mass is 248 g/mol. The summed E-state index contributed by atoms with van der Waals surface area (Å²) in [7, 11) is 0. The van der Waals surface area contributed by atoms with Crippen LogP contribution in [-0.2, 0) is 11.4 Å². The van der Waals surface area contributed by atoms with Crippen molar-refractivity contribution >= 4 is 6.09 Å².